The summed E-state index contributed by atoms with van der Waals surface area (Å²) in [6.45, 7) is 3.20. The third-order valence-corrected chi connectivity index (χ3v) is 5.42. The van der Waals surface area contributed by atoms with Crippen LogP contribution >= 0.6 is 24.0 Å². The van der Waals surface area contributed by atoms with Crippen LogP contribution in [-0.4, -0.2) is 58.0 Å². The van der Waals surface area contributed by atoms with E-state index in [0.717, 1.165) is 49.8 Å². The third kappa shape index (κ3) is 4.29. The number of imidazole rings is 1. The van der Waals surface area contributed by atoms with Gasteiger partial charge in [-0.05, 0) is 18.9 Å². The van der Waals surface area contributed by atoms with Gasteiger partial charge in [-0.3, -0.25) is 14.4 Å². The lowest BCUT2D eigenvalue weighted by atomic mass is 9.79. The highest BCUT2D eigenvalue weighted by molar-refractivity contribution is 14.0. The predicted molar refractivity (Wildman–Crippen MR) is 118 cm³/mol. The van der Waals surface area contributed by atoms with Crippen molar-refractivity contribution in [2.45, 2.75) is 25.8 Å². The van der Waals surface area contributed by atoms with Gasteiger partial charge in [0.2, 0.25) is 5.91 Å². The van der Waals surface area contributed by atoms with Crippen molar-refractivity contribution in [3.05, 3.63) is 42.6 Å². The van der Waals surface area contributed by atoms with Crippen LogP contribution in [0.1, 0.15) is 24.8 Å². The number of aliphatic imine (C=N–C) groups is 1. The van der Waals surface area contributed by atoms with E-state index in [9.17, 15) is 4.79 Å². The molecule has 2 aromatic heterocycles. The number of pyridine rings is 1. The van der Waals surface area contributed by atoms with Crippen molar-refractivity contribution in [1.29, 1.82) is 0 Å². The minimum atomic E-state index is 0. The number of hydrogen-bond donors (Lipinski definition) is 2. The maximum absolute atomic E-state index is 11.7. The maximum atomic E-state index is 11.7. The van der Waals surface area contributed by atoms with Gasteiger partial charge in [-0.1, -0.05) is 6.07 Å². The number of piperidine rings is 1. The molecule has 150 valence electrons. The summed E-state index contributed by atoms with van der Waals surface area (Å²) in [4.78, 5) is 27.1. The molecule has 1 atom stereocenters. The Morgan fingerprint density at radius 3 is 3.04 bits per heavy atom. The van der Waals surface area contributed by atoms with Gasteiger partial charge in [0.1, 0.15) is 12.1 Å². The lowest BCUT2D eigenvalue weighted by molar-refractivity contribution is -0.119. The van der Waals surface area contributed by atoms with Crippen molar-refractivity contribution in [1.82, 2.24) is 30.1 Å². The topological polar surface area (TPSA) is 87.4 Å². The quantitative estimate of drug-likeness (QED) is 0.384. The number of carbonyl (C=O) groups excluding carboxylic acids is 1. The van der Waals surface area contributed by atoms with E-state index in [1.165, 1.54) is 0 Å². The van der Waals surface area contributed by atoms with Crippen molar-refractivity contribution < 1.29 is 4.79 Å². The molecule has 9 heteroatoms. The molecule has 0 saturated carbocycles. The number of halogens is 1. The molecule has 0 bridgehead atoms. The van der Waals surface area contributed by atoms with Gasteiger partial charge in [-0.2, -0.15) is 0 Å². The summed E-state index contributed by atoms with van der Waals surface area (Å²) in [5.41, 5.74) is 1.12. The van der Waals surface area contributed by atoms with Gasteiger partial charge in [-0.15, -0.1) is 24.0 Å². The van der Waals surface area contributed by atoms with Gasteiger partial charge < -0.3 is 15.5 Å². The number of rotatable bonds is 3. The van der Waals surface area contributed by atoms with Crippen LogP contribution < -0.4 is 10.6 Å². The Balaban J connectivity index is 0.00000225. The highest BCUT2D eigenvalue weighted by Gasteiger charge is 2.42. The molecule has 2 N–H and O–H groups in total. The number of nitrogens with zero attached hydrogens (tertiary/aromatic N) is 5. The molecule has 8 nitrogen and oxygen atoms in total. The van der Waals surface area contributed by atoms with E-state index >= 15 is 0 Å². The standard InChI is InChI=1S/C19H25N7O.HI/c1-20-18(25-8-3-5-19(13-25)10-16(27)24-12-19)23-11-15-4-2-6-22-17(15)26-9-7-21-14-26;/h2,4,6-7,9,14H,3,5,8,10-13H2,1H3,(H,20,23)(H,24,27);1H. The Labute approximate surface area is 181 Å². The van der Waals surface area contributed by atoms with Crippen LogP contribution in [0.2, 0.25) is 0 Å². The summed E-state index contributed by atoms with van der Waals surface area (Å²) < 4.78 is 1.91. The minimum Gasteiger partial charge on any atom is -0.355 e. The zero-order valence-corrected chi connectivity index (χ0v) is 18.3. The van der Waals surface area contributed by atoms with Gasteiger partial charge in [0.15, 0.2) is 5.96 Å². The van der Waals surface area contributed by atoms with E-state index in [0.29, 0.717) is 13.0 Å². The number of nitrogens with one attached hydrogen (secondary N) is 2. The molecular weight excluding hydrogens is 469 g/mol. The van der Waals surface area contributed by atoms with Gasteiger partial charge >= 0.3 is 0 Å². The molecule has 28 heavy (non-hydrogen) atoms. The molecule has 1 unspecified atom stereocenters. The molecule has 0 radical (unpaired) electrons. The summed E-state index contributed by atoms with van der Waals surface area (Å²) in [7, 11) is 1.81. The lowest BCUT2D eigenvalue weighted by Gasteiger charge is -2.40. The number of carbonyl (C=O) groups is 1. The SMILES string of the molecule is CN=C(NCc1cccnc1-n1ccnc1)N1CCCC2(CNC(=O)C2)C1.I. The Hall–Kier alpha value is -2.17. The van der Waals surface area contributed by atoms with Crippen molar-refractivity contribution in [2.75, 3.05) is 26.7 Å². The van der Waals surface area contributed by atoms with Gasteiger partial charge in [0, 0.05) is 69.2 Å². The Morgan fingerprint density at radius 2 is 2.32 bits per heavy atom. The number of guanidine groups is 1. The molecule has 2 aliphatic rings. The van der Waals surface area contributed by atoms with E-state index in [-0.39, 0.29) is 35.3 Å². The first kappa shape index (κ1) is 20.6. The van der Waals surface area contributed by atoms with Gasteiger partial charge in [-0.25, -0.2) is 9.97 Å². The molecule has 2 fully saturated rings. The predicted octanol–water partition coefficient (Wildman–Crippen LogP) is 1.56. The average Bonchev–Trinajstić information content (AvgIpc) is 3.33. The van der Waals surface area contributed by atoms with Crippen molar-refractivity contribution >= 4 is 35.8 Å². The monoisotopic (exact) mass is 495 g/mol. The largest absolute Gasteiger partial charge is 0.355 e. The fourth-order valence-electron chi connectivity index (χ4n) is 4.12. The van der Waals surface area contributed by atoms with Gasteiger partial charge in [0.25, 0.3) is 0 Å². The molecule has 0 aliphatic carbocycles. The van der Waals surface area contributed by atoms with Crippen LogP contribution in [0.5, 0.6) is 0 Å². The van der Waals surface area contributed by atoms with E-state index in [2.05, 4.69) is 36.6 Å². The maximum Gasteiger partial charge on any atom is 0.220 e. The van der Waals surface area contributed by atoms with Crippen LogP contribution in [-0.2, 0) is 11.3 Å². The molecule has 1 amide bonds. The minimum absolute atomic E-state index is 0. The van der Waals surface area contributed by atoms with E-state index < -0.39 is 0 Å². The molecule has 0 aromatic carbocycles. The highest BCUT2D eigenvalue weighted by atomic mass is 127. The Bertz CT molecular complexity index is 839. The van der Waals surface area contributed by atoms with Crippen LogP contribution in [0.25, 0.3) is 5.82 Å². The normalized spacial score (nSPS) is 22.1. The zero-order chi connectivity index (χ0) is 18.7. The number of likely N-dealkylation sites (tertiary alicyclic amines) is 1. The fourth-order valence-corrected chi connectivity index (χ4v) is 4.12. The van der Waals surface area contributed by atoms with Crippen molar-refractivity contribution in [2.24, 2.45) is 10.4 Å². The first-order chi connectivity index (χ1) is 13.2. The van der Waals surface area contributed by atoms with Crippen LogP contribution in [0.3, 0.4) is 0 Å². The first-order valence-electron chi connectivity index (χ1n) is 9.34. The number of aromatic nitrogens is 3. The summed E-state index contributed by atoms with van der Waals surface area (Å²) in [6, 6.07) is 3.99. The van der Waals surface area contributed by atoms with Crippen LogP contribution in [0, 0.1) is 5.41 Å². The van der Waals surface area contributed by atoms with Crippen LogP contribution in [0.15, 0.2) is 42.0 Å². The zero-order valence-electron chi connectivity index (χ0n) is 16.0. The molecule has 2 aromatic rings. The van der Waals surface area contributed by atoms with E-state index in [1.807, 2.05) is 23.9 Å². The fraction of sp³-hybridized carbons (Fsp3) is 0.474. The van der Waals surface area contributed by atoms with Gasteiger partial charge in [0.05, 0.1) is 0 Å². The molecule has 4 heterocycles. The highest BCUT2D eigenvalue weighted by Crippen LogP contribution is 2.36. The summed E-state index contributed by atoms with van der Waals surface area (Å²) in [5.74, 6) is 1.90. The Morgan fingerprint density at radius 1 is 1.43 bits per heavy atom. The summed E-state index contributed by atoms with van der Waals surface area (Å²) in [6.07, 6.45) is 9.95. The lowest BCUT2D eigenvalue weighted by Crippen LogP contribution is -2.51. The molecule has 1 spiro atoms. The summed E-state index contributed by atoms with van der Waals surface area (Å²) in [5, 5.41) is 6.47. The average molecular weight is 495 g/mol. The second kappa shape index (κ2) is 8.89. The second-order valence-corrected chi connectivity index (χ2v) is 7.34. The summed E-state index contributed by atoms with van der Waals surface area (Å²) >= 11 is 0. The van der Waals surface area contributed by atoms with E-state index in [4.69, 9.17) is 0 Å². The van der Waals surface area contributed by atoms with Crippen molar-refractivity contribution in [3.8, 4) is 5.82 Å². The first-order valence-corrected chi connectivity index (χ1v) is 9.34. The molecule has 2 aliphatic heterocycles. The number of amides is 1. The second-order valence-electron chi connectivity index (χ2n) is 7.34. The Kier molecular flexibility index (Phi) is 6.53. The molecule has 2 saturated heterocycles. The number of hydrogen-bond acceptors (Lipinski definition) is 4. The van der Waals surface area contributed by atoms with E-state index in [1.54, 1.807) is 18.7 Å². The third-order valence-electron chi connectivity index (χ3n) is 5.42. The van der Waals surface area contributed by atoms with Crippen molar-refractivity contribution in [3.63, 3.8) is 0 Å². The smallest absolute Gasteiger partial charge is 0.220 e. The molecule has 4 rings (SSSR count). The molecular formula is C19H26IN7O. The van der Waals surface area contributed by atoms with Crippen LogP contribution in [0.4, 0.5) is 0 Å².